The summed E-state index contributed by atoms with van der Waals surface area (Å²) in [7, 11) is 0. The first-order chi connectivity index (χ1) is 15.2. The second-order valence-corrected chi connectivity index (χ2v) is 13.3. The molecule has 0 spiro atoms. The van der Waals surface area contributed by atoms with Crippen LogP contribution < -0.4 is 0 Å². The van der Waals surface area contributed by atoms with E-state index in [0.29, 0.717) is 10.8 Å². The molecule has 0 bridgehead atoms. The van der Waals surface area contributed by atoms with Gasteiger partial charge < -0.3 is 5.11 Å². The number of aliphatic hydroxyl groups is 1. The average Bonchev–Trinajstić information content (AvgIpc) is 2.78. The Kier molecular flexibility index (Phi) is 7.56. The van der Waals surface area contributed by atoms with Crippen LogP contribution in [-0.2, 0) is 0 Å². The lowest BCUT2D eigenvalue weighted by atomic mass is 9.42. The molecule has 0 aromatic carbocycles. The maximum atomic E-state index is 10.3. The first-order valence-electron chi connectivity index (χ1n) is 14.6. The van der Waals surface area contributed by atoms with Gasteiger partial charge in [0.05, 0.1) is 6.10 Å². The number of rotatable bonds is 7. The summed E-state index contributed by atoms with van der Waals surface area (Å²) in [6.45, 7) is 15.2. The molecule has 0 amide bonds. The van der Waals surface area contributed by atoms with Gasteiger partial charge in [0.15, 0.2) is 0 Å². The fraction of sp³-hybridized carbons (Fsp3) is 0.935. The van der Waals surface area contributed by atoms with Gasteiger partial charge in [-0.15, -0.1) is 0 Å². The summed E-state index contributed by atoms with van der Waals surface area (Å²) in [5, 5.41) is 10.3. The molecule has 4 aliphatic carbocycles. The maximum Gasteiger partial charge on any atom is 0.0577 e. The summed E-state index contributed by atoms with van der Waals surface area (Å²) >= 11 is 0. The lowest BCUT2D eigenvalue weighted by Crippen LogP contribution is -2.54. The van der Waals surface area contributed by atoms with E-state index in [9.17, 15) is 5.11 Å². The lowest BCUT2D eigenvalue weighted by Gasteiger charge is -2.62. The number of hydrogen-bond donors (Lipinski definition) is 1. The number of allylic oxidation sites excluding steroid dienone is 1. The Morgan fingerprint density at radius 1 is 0.969 bits per heavy atom. The van der Waals surface area contributed by atoms with Gasteiger partial charge in [0.1, 0.15) is 0 Å². The quantitative estimate of drug-likeness (QED) is 0.390. The Morgan fingerprint density at radius 3 is 2.47 bits per heavy atom. The molecule has 4 rings (SSSR count). The van der Waals surface area contributed by atoms with Crippen LogP contribution in [0.25, 0.3) is 0 Å². The minimum atomic E-state index is -0.0815. The van der Waals surface area contributed by atoms with Gasteiger partial charge in [0, 0.05) is 0 Å². The Balaban J connectivity index is 1.49. The van der Waals surface area contributed by atoms with Gasteiger partial charge in [-0.3, -0.25) is 0 Å². The lowest BCUT2D eigenvalue weighted by molar-refractivity contribution is -0.110. The highest BCUT2D eigenvalue weighted by atomic mass is 16.3. The van der Waals surface area contributed by atoms with Crippen molar-refractivity contribution in [1.82, 2.24) is 0 Å². The molecule has 32 heavy (non-hydrogen) atoms. The molecule has 3 fully saturated rings. The van der Waals surface area contributed by atoms with E-state index in [1.165, 1.54) is 70.6 Å². The van der Waals surface area contributed by atoms with Gasteiger partial charge in [-0.1, -0.05) is 78.9 Å². The molecule has 0 saturated heterocycles. The highest BCUT2D eigenvalue weighted by molar-refractivity contribution is 5.25. The minimum absolute atomic E-state index is 0.0815. The average molecular weight is 443 g/mol. The Morgan fingerprint density at radius 2 is 1.75 bits per heavy atom. The third-order valence-corrected chi connectivity index (χ3v) is 12.0. The van der Waals surface area contributed by atoms with Crippen molar-refractivity contribution in [1.29, 1.82) is 0 Å². The molecule has 0 radical (unpaired) electrons. The predicted octanol–water partition coefficient (Wildman–Crippen LogP) is 8.81. The van der Waals surface area contributed by atoms with Crippen LogP contribution in [0.2, 0.25) is 0 Å². The van der Waals surface area contributed by atoms with Crippen LogP contribution in [0.15, 0.2) is 11.6 Å². The van der Waals surface area contributed by atoms with Crippen LogP contribution in [0, 0.1) is 52.3 Å². The Labute approximate surface area is 200 Å². The van der Waals surface area contributed by atoms with E-state index in [1.54, 1.807) is 5.57 Å². The van der Waals surface area contributed by atoms with E-state index in [-0.39, 0.29) is 6.10 Å². The van der Waals surface area contributed by atoms with E-state index in [0.717, 1.165) is 54.3 Å². The van der Waals surface area contributed by atoms with Crippen molar-refractivity contribution in [2.75, 3.05) is 0 Å². The molecule has 0 heterocycles. The topological polar surface area (TPSA) is 20.2 Å². The molecule has 1 nitrogen and oxygen atoms in total. The first kappa shape index (κ1) is 24.8. The molecule has 1 heteroatoms. The molecule has 3 saturated carbocycles. The van der Waals surface area contributed by atoms with Crippen LogP contribution >= 0.6 is 0 Å². The summed E-state index contributed by atoms with van der Waals surface area (Å²) in [6, 6.07) is 0. The van der Waals surface area contributed by atoms with Gasteiger partial charge in [-0.05, 0) is 110 Å². The Bertz CT molecular complexity index is 665. The molecule has 4 aliphatic rings. The fourth-order valence-corrected chi connectivity index (χ4v) is 9.72. The fourth-order valence-electron chi connectivity index (χ4n) is 9.72. The molecule has 1 N–H and O–H groups in total. The van der Waals surface area contributed by atoms with Gasteiger partial charge in [-0.25, -0.2) is 0 Å². The third-order valence-electron chi connectivity index (χ3n) is 12.0. The highest BCUT2D eigenvalue weighted by Crippen LogP contribution is 2.66. The molecular formula is C31H54O. The van der Waals surface area contributed by atoms with Crippen molar-refractivity contribution in [3.05, 3.63) is 11.6 Å². The molecule has 0 unspecified atom stereocenters. The van der Waals surface area contributed by atoms with Gasteiger partial charge in [-0.2, -0.15) is 0 Å². The summed E-state index contributed by atoms with van der Waals surface area (Å²) in [6.07, 6.45) is 19.9. The van der Waals surface area contributed by atoms with E-state index < -0.39 is 0 Å². The molecule has 0 aromatic rings. The van der Waals surface area contributed by atoms with E-state index in [4.69, 9.17) is 0 Å². The second kappa shape index (κ2) is 9.75. The summed E-state index contributed by atoms with van der Waals surface area (Å²) in [4.78, 5) is 0. The van der Waals surface area contributed by atoms with Crippen molar-refractivity contribution >= 4 is 0 Å². The molecule has 0 aliphatic heterocycles. The van der Waals surface area contributed by atoms with Crippen LogP contribution in [-0.4, -0.2) is 11.2 Å². The van der Waals surface area contributed by atoms with E-state index >= 15 is 0 Å². The largest absolute Gasteiger partial charge is 0.393 e. The van der Waals surface area contributed by atoms with Crippen molar-refractivity contribution in [3.8, 4) is 0 Å². The standard InChI is InChI=1S/C31H54O/c1-7-21(3)23(8-2)13-12-22(4)27-10-9-11-28-26-15-14-24-20-25(32)16-18-30(24,5)29(26)17-19-31(27,28)6/h14,21-23,25-29,32H,7-13,15-20H2,1-6H3/t21-,22-,23-,25+,26+,27+,28-,29+,30+,31-/m1/s1. The zero-order valence-corrected chi connectivity index (χ0v) is 22.3. The summed E-state index contributed by atoms with van der Waals surface area (Å²) in [5.41, 5.74) is 2.57. The number of fused-ring (bicyclic) bond motifs is 5. The van der Waals surface area contributed by atoms with E-state index in [2.05, 4.69) is 47.6 Å². The van der Waals surface area contributed by atoms with Gasteiger partial charge >= 0.3 is 0 Å². The number of aliphatic hydroxyl groups excluding tert-OH is 1. The molecule has 0 aromatic heterocycles. The summed E-state index contributed by atoms with van der Waals surface area (Å²) < 4.78 is 0. The third kappa shape index (κ3) is 4.27. The van der Waals surface area contributed by atoms with Crippen LogP contribution in [0.3, 0.4) is 0 Å². The normalized spacial score (nSPS) is 44.5. The number of hydrogen-bond acceptors (Lipinski definition) is 1. The first-order valence-corrected chi connectivity index (χ1v) is 14.6. The van der Waals surface area contributed by atoms with Crippen LogP contribution in [0.1, 0.15) is 125 Å². The molecule has 184 valence electrons. The van der Waals surface area contributed by atoms with Crippen LogP contribution in [0.5, 0.6) is 0 Å². The molecular weight excluding hydrogens is 388 g/mol. The monoisotopic (exact) mass is 442 g/mol. The van der Waals surface area contributed by atoms with Crippen LogP contribution in [0.4, 0.5) is 0 Å². The second-order valence-electron chi connectivity index (χ2n) is 13.3. The smallest absolute Gasteiger partial charge is 0.0577 e. The summed E-state index contributed by atoms with van der Waals surface area (Å²) in [5.74, 6) is 6.33. The van der Waals surface area contributed by atoms with Gasteiger partial charge in [0.2, 0.25) is 0 Å². The maximum absolute atomic E-state index is 10.3. The SMILES string of the molecule is CC[C@H](CC[C@@H](C)[C@@H]1CCC[C@@H]2[C@@H]3CC=C4C[C@@H](O)CC[C@]4(C)[C@H]3CC[C@@]21C)[C@H](C)CC. The van der Waals surface area contributed by atoms with Crippen molar-refractivity contribution in [2.24, 2.45) is 52.3 Å². The zero-order chi connectivity index (χ0) is 23.1. The minimum Gasteiger partial charge on any atom is -0.393 e. The van der Waals surface area contributed by atoms with Crippen molar-refractivity contribution in [3.63, 3.8) is 0 Å². The van der Waals surface area contributed by atoms with E-state index in [1.807, 2.05) is 0 Å². The predicted molar refractivity (Wildman–Crippen MR) is 137 cm³/mol. The van der Waals surface area contributed by atoms with Crippen molar-refractivity contribution < 1.29 is 5.11 Å². The highest BCUT2D eigenvalue weighted by Gasteiger charge is 2.57. The molecule has 10 atom stereocenters. The Hall–Kier alpha value is -0.300. The zero-order valence-electron chi connectivity index (χ0n) is 22.3. The van der Waals surface area contributed by atoms with Crippen molar-refractivity contribution in [2.45, 2.75) is 131 Å². The van der Waals surface area contributed by atoms with Gasteiger partial charge in [0.25, 0.3) is 0 Å².